The van der Waals surface area contributed by atoms with Gasteiger partial charge in [0.1, 0.15) is 16.4 Å². The van der Waals surface area contributed by atoms with E-state index in [1.54, 1.807) is 6.20 Å². The lowest BCUT2D eigenvalue weighted by Gasteiger charge is -2.47. The Hall–Kier alpha value is -3.00. The van der Waals surface area contributed by atoms with Crippen LogP contribution < -0.4 is 5.32 Å². The first-order valence-electron chi connectivity index (χ1n) is 11.4. The zero-order chi connectivity index (χ0) is 22.7. The molecule has 0 amide bonds. The Balaban J connectivity index is 1.49. The van der Waals surface area contributed by atoms with Gasteiger partial charge in [0.25, 0.3) is 0 Å². The van der Waals surface area contributed by atoms with Gasteiger partial charge < -0.3 is 14.9 Å². The fourth-order valence-electron chi connectivity index (χ4n) is 5.70. The van der Waals surface area contributed by atoms with Crippen molar-refractivity contribution in [3.05, 3.63) is 41.8 Å². The van der Waals surface area contributed by atoms with E-state index in [2.05, 4.69) is 37.2 Å². The first-order chi connectivity index (χ1) is 16.0. The van der Waals surface area contributed by atoms with Gasteiger partial charge in [-0.25, -0.2) is 24.3 Å². The van der Waals surface area contributed by atoms with Crippen molar-refractivity contribution in [2.75, 3.05) is 5.32 Å². The van der Waals surface area contributed by atoms with Crippen LogP contribution in [0.25, 0.3) is 33.8 Å². The van der Waals surface area contributed by atoms with Crippen LogP contribution in [0.15, 0.2) is 30.9 Å². The lowest BCUT2D eigenvalue weighted by atomic mass is 9.62. The van der Waals surface area contributed by atoms with E-state index in [-0.39, 0.29) is 22.7 Å². The Kier molecular flexibility index (Phi) is 4.87. The Bertz CT molecular complexity index is 1340. The third kappa shape index (κ3) is 3.47. The molecule has 4 aromatic rings. The number of anilines is 1. The van der Waals surface area contributed by atoms with Crippen molar-refractivity contribution >= 4 is 28.6 Å². The highest BCUT2D eigenvalue weighted by molar-refractivity contribution is 6.29. The Morgan fingerprint density at radius 1 is 1.15 bits per heavy atom. The summed E-state index contributed by atoms with van der Waals surface area (Å²) >= 11 is 6.10. The topological polar surface area (TPSA) is 84.3 Å². The fraction of sp³-hybridized carbons (Fsp3) is 0.417. The molecule has 0 aromatic carbocycles. The molecule has 4 aromatic heterocycles. The maximum atomic E-state index is 15.8. The number of aromatic amines is 1. The van der Waals surface area contributed by atoms with Crippen LogP contribution in [0, 0.1) is 23.6 Å². The standard InChI is InChI=1S/C24H25ClFN7/c1-12-13-3-5-14(6-4-13)19(12)30-23-18(26)20(15-7-8-33(2)11-15)31-22(32-23)16-9-27-24-21(16)29-17(25)10-28-24/h7-14,19H,3-6H2,1-2H3,(H,27,28)(H,30,31,32). The minimum absolute atomic E-state index is 0.204. The van der Waals surface area contributed by atoms with E-state index < -0.39 is 5.82 Å². The summed E-state index contributed by atoms with van der Waals surface area (Å²) in [6, 6.07) is 2.06. The molecule has 170 valence electrons. The Morgan fingerprint density at radius 3 is 2.67 bits per heavy atom. The molecule has 0 spiro atoms. The van der Waals surface area contributed by atoms with Crippen LogP contribution in [0.1, 0.15) is 32.6 Å². The SMILES string of the molecule is CC1C2CCC(CC2)C1Nc1nc(-c2c[nH]c3ncc(Cl)nc23)nc(-c2ccn(C)c2)c1F. The van der Waals surface area contributed by atoms with Gasteiger partial charge in [-0.1, -0.05) is 18.5 Å². The second-order valence-electron chi connectivity index (χ2n) is 9.42. The number of aromatic nitrogens is 6. The summed E-state index contributed by atoms with van der Waals surface area (Å²) in [7, 11) is 1.90. The highest BCUT2D eigenvalue weighted by Crippen LogP contribution is 2.46. The molecule has 7 nitrogen and oxygen atoms in total. The second kappa shape index (κ2) is 7.80. The summed E-state index contributed by atoms with van der Waals surface area (Å²) in [4.78, 5) is 21.1. The maximum Gasteiger partial charge on any atom is 0.191 e. The van der Waals surface area contributed by atoms with E-state index in [4.69, 9.17) is 11.6 Å². The van der Waals surface area contributed by atoms with Gasteiger partial charge in [0.05, 0.1) is 11.8 Å². The van der Waals surface area contributed by atoms with Crippen LogP contribution in [-0.2, 0) is 7.05 Å². The van der Waals surface area contributed by atoms with Gasteiger partial charge in [-0.3, -0.25) is 0 Å². The van der Waals surface area contributed by atoms with Crippen molar-refractivity contribution in [2.45, 2.75) is 38.6 Å². The van der Waals surface area contributed by atoms with Crippen LogP contribution >= 0.6 is 11.6 Å². The van der Waals surface area contributed by atoms with E-state index in [0.29, 0.717) is 45.9 Å². The van der Waals surface area contributed by atoms with Gasteiger partial charge in [-0.2, -0.15) is 0 Å². The van der Waals surface area contributed by atoms with Crippen LogP contribution in [0.5, 0.6) is 0 Å². The number of rotatable bonds is 4. The average Bonchev–Trinajstić information content (AvgIpc) is 3.43. The summed E-state index contributed by atoms with van der Waals surface area (Å²) in [5.41, 5.74) is 2.74. The summed E-state index contributed by atoms with van der Waals surface area (Å²) in [6.45, 7) is 2.28. The lowest BCUT2D eigenvalue weighted by Crippen LogP contribution is -2.47. The van der Waals surface area contributed by atoms with Crippen molar-refractivity contribution in [3.63, 3.8) is 0 Å². The van der Waals surface area contributed by atoms with Crippen molar-refractivity contribution in [3.8, 4) is 22.6 Å². The normalized spacial score (nSPS) is 24.5. The predicted octanol–water partition coefficient (Wildman–Crippen LogP) is 5.45. The van der Waals surface area contributed by atoms with Crippen LogP contribution in [0.4, 0.5) is 10.2 Å². The third-order valence-electron chi connectivity index (χ3n) is 7.49. The molecule has 0 saturated heterocycles. The number of nitrogens with one attached hydrogen (secondary N) is 2. The highest BCUT2D eigenvalue weighted by atomic mass is 35.5. The smallest absolute Gasteiger partial charge is 0.191 e. The number of fused-ring (bicyclic) bond motifs is 4. The summed E-state index contributed by atoms with van der Waals surface area (Å²) in [5, 5.41) is 3.78. The van der Waals surface area contributed by atoms with Crippen LogP contribution in [-0.4, -0.2) is 35.5 Å². The second-order valence-corrected chi connectivity index (χ2v) is 9.81. The third-order valence-corrected chi connectivity index (χ3v) is 7.67. The Labute approximate surface area is 195 Å². The zero-order valence-electron chi connectivity index (χ0n) is 18.5. The molecule has 2 unspecified atom stereocenters. The van der Waals surface area contributed by atoms with E-state index >= 15 is 4.39 Å². The zero-order valence-corrected chi connectivity index (χ0v) is 19.3. The molecule has 33 heavy (non-hydrogen) atoms. The number of H-pyrrole nitrogens is 1. The molecule has 2 bridgehead atoms. The van der Waals surface area contributed by atoms with Gasteiger partial charge in [0.15, 0.2) is 23.1 Å². The molecule has 7 rings (SSSR count). The van der Waals surface area contributed by atoms with Gasteiger partial charge in [0.2, 0.25) is 0 Å². The largest absolute Gasteiger partial charge is 0.364 e. The predicted molar refractivity (Wildman–Crippen MR) is 126 cm³/mol. The van der Waals surface area contributed by atoms with Crippen molar-refractivity contribution in [1.82, 2.24) is 29.5 Å². The molecule has 3 aliphatic rings. The van der Waals surface area contributed by atoms with Gasteiger partial charge in [-0.05, 0) is 49.5 Å². The summed E-state index contributed by atoms with van der Waals surface area (Å²) in [6.07, 6.45) is 11.9. The van der Waals surface area contributed by atoms with Gasteiger partial charge in [-0.15, -0.1) is 0 Å². The molecule has 0 aliphatic heterocycles. The van der Waals surface area contributed by atoms with Crippen LogP contribution in [0.2, 0.25) is 5.15 Å². The highest BCUT2D eigenvalue weighted by Gasteiger charge is 2.41. The summed E-state index contributed by atoms with van der Waals surface area (Å²) < 4.78 is 17.7. The quantitative estimate of drug-likeness (QED) is 0.418. The number of aryl methyl sites for hydroxylation is 1. The lowest BCUT2D eigenvalue weighted by molar-refractivity contribution is 0.0926. The maximum absolute atomic E-state index is 15.8. The van der Waals surface area contributed by atoms with Crippen LogP contribution in [0.3, 0.4) is 0 Å². The Morgan fingerprint density at radius 2 is 1.94 bits per heavy atom. The van der Waals surface area contributed by atoms with Crippen molar-refractivity contribution in [2.24, 2.45) is 24.8 Å². The average molecular weight is 466 g/mol. The molecule has 0 radical (unpaired) electrons. The van der Waals surface area contributed by atoms with Gasteiger partial charge in [0, 0.05) is 37.2 Å². The molecule has 4 heterocycles. The number of hydrogen-bond acceptors (Lipinski definition) is 5. The molecule has 9 heteroatoms. The van der Waals surface area contributed by atoms with E-state index in [1.165, 1.54) is 31.9 Å². The van der Waals surface area contributed by atoms with Crippen molar-refractivity contribution < 1.29 is 4.39 Å². The van der Waals surface area contributed by atoms with Crippen molar-refractivity contribution in [1.29, 1.82) is 0 Å². The fourth-order valence-corrected chi connectivity index (χ4v) is 5.83. The number of halogens is 2. The van der Waals surface area contributed by atoms with E-state index in [0.717, 1.165) is 0 Å². The monoisotopic (exact) mass is 465 g/mol. The summed E-state index contributed by atoms with van der Waals surface area (Å²) in [5.74, 6) is 1.91. The molecular weight excluding hydrogens is 441 g/mol. The molecule has 3 saturated carbocycles. The van der Waals surface area contributed by atoms with Gasteiger partial charge >= 0.3 is 0 Å². The van der Waals surface area contributed by atoms with E-state index in [9.17, 15) is 0 Å². The number of hydrogen-bond donors (Lipinski definition) is 2. The molecular formula is C24H25ClFN7. The van der Waals surface area contributed by atoms with E-state index in [1.807, 2.05) is 30.1 Å². The minimum atomic E-state index is -0.428. The molecule has 3 aliphatic carbocycles. The molecule has 2 N–H and O–H groups in total. The molecule has 3 fully saturated rings. The first-order valence-corrected chi connectivity index (χ1v) is 11.8. The first kappa shape index (κ1) is 20.6. The molecule has 2 atom stereocenters. The number of nitrogens with zero attached hydrogens (tertiary/aromatic N) is 5. The minimum Gasteiger partial charge on any atom is -0.364 e.